The molecule has 0 spiro atoms. The molecule has 2 fully saturated rings. The zero-order valence-electron chi connectivity index (χ0n) is 16.5. The molecule has 5 nitrogen and oxygen atoms in total. The van der Waals surface area contributed by atoms with E-state index in [1.165, 1.54) is 25.7 Å². The van der Waals surface area contributed by atoms with E-state index in [0.29, 0.717) is 27.8 Å². The molecule has 1 heterocycles. The third kappa shape index (κ3) is 3.37. The smallest absolute Gasteiger partial charge is 0.267 e. The Bertz CT molecular complexity index is 984. The molecule has 0 radical (unpaired) electrons. The van der Waals surface area contributed by atoms with Gasteiger partial charge < -0.3 is 5.32 Å². The Balaban J connectivity index is 1.60. The minimum Gasteiger partial charge on any atom is -0.349 e. The lowest BCUT2D eigenvalue weighted by atomic mass is 9.84. The summed E-state index contributed by atoms with van der Waals surface area (Å²) >= 11 is 6.35. The van der Waals surface area contributed by atoms with Gasteiger partial charge in [-0.25, -0.2) is 5.10 Å². The van der Waals surface area contributed by atoms with Crippen LogP contribution in [0.2, 0.25) is 5.02 Å². The number of benzene rings is 1. The summed E-state index contributed by atoms with van der Waals surface area (Å²) in [4.78, 5) is 25.0. The number of halogens is 1. The summed E-state index contributed by atoms with van der Waals surface area (Å²) in [7, 11) is 0. The average molecular weight is 400 g/mol. The van der Waals surface area contributed by atoms with E-state index in [1.807, 2.05) is 13.0 Å². The number of aromatic nitrogens is 2. The van der Waals surface area contributed by atoms with Gasteiger partial charge in [-0.2, -0.15) is 5.10 Å². The van der Waals surface area contributed by atoms with Crippen LogP contribution < -0.4 is 10.9 Å². The summed E-state index contributed by atoms with van der Waals surface area (Å²) in [6.45, 7) is 5.70. The van der Waals surface area contributed by atoms with E-state index >= 15 is 0 Å². The number of carbonyl (C=O) groups is 1. The molecule has 4 atom stereocenters. The van der Waals surface area contributed by atoms with Crippen molar-refractivity contribution in [1.82, 2.24) is 15.5 Å². The first-order valence-electron chi connectivity index (χ1n) is 10.0. The second kappa shape index (κ2) is 7.36. The highest BCUT2D eigenvalue weighted by atomic mass is 35.5. The maximum Gasteiger partial charge on any atom is 0.267 e. The van der Waals surface area contributed by atoms with E-state index in [4.69, 9.17) is 11.6 Å². The van der Waals surface area contributed by atoms with Crippen LogP contribution in [-0.4, -0.2) is 22.1 Å². The van der Waals surface area contributed by atoms with Crippen LogP contribution in [0.4, 0.5) is 0 Å². The van der Waals surface area contributed by atoms with Gasteiger partial charge in [-0.15, -0.1) is 0 Å². The van der Waals surface area contributed by atoms with Crippen LogP contribution in [0.15, 0.2) is 23.0 Å². The molecule has 4 rings (SSSR count). The highest BCUT2D eigenvalue weighted by molar-refractivity contribution is 6.34. The van der Waals surface area contributed by atoms with Crippen molar-refractivity contribution in [1.29, 1.82) is 0 Å². The fraction of sp³-hybridized carbons (Fsp3) is 0.500. The molecule has 1 aromatic heterocycles. The monoisotopic (exact) mass is 399 g/mol. The Morgan fingerprint density at radius 3 is 2.75 bits per heavy atom. The van der Waals surface area contributed by atoms with Crippen molar-refractivity contribution in [3.8, 4) is 11.1 Å². The molecule has 2 N–H and O–H groups in total. The van der Waals surface area contributed by atoms with Crippen LogP contribution in [0.25, 0.3) is 11.1 Å². The molecule has 28 heavy (non-hydrogen) atoms. The molecule has 0 unspecified atom stereocenters. The van der Waals surface area contributed by atoms with E-state index in [9.17, 15) is 9.59 Å². The third-order valence-corrected chi connectivity index (χ3v) is 7.03. The van der Waals surface area contributed by atoms with Gasteiger partial charge in [0.15, 0.2) is 0 Å². The molecule has 2 aliphatic rings. The number of nitrogens with one attached hydrogen (secondary N) is 2. The maximum absolute atomic E-state index is 13.0. The molecule has 0 saturated heterocycles. The van der Waals surface area contributed by atoms with E-state index in [1.54, 1.807) is 19.1 Å². The highest BCUT2D eigenvalue weighted by Crippen LogP contribution is 2.49. The zero-order chi connectivity index (χ0) is 20.0. The Kier molecular flexibility index (Phi) is 5.04. The van der Waals surface area contributed by atoms with Crippen LogP contribution in [-0.2, 0) is 0 Å². The summed E-state index contributed by atoms with van der Waals surface area (Å²) in [6.07, 6.45) is 5.17. The number of amides is 1. The van der Waals surface area contributed by atoms with Crippen molar-refractivity contribution in [2.24, 2.45) is 17.8 Å². The molecule has 148 valence electrons. The topological polar surface area (TPSA) is 74.8 Å². The number of rotatable bonds is 4. The first-order valence-corrected chi connectivity index (χ1v) is 10.4. The number of H-pyrrole nitrogens is 1. The number of fused-ring (bicyclic) bond motifs is 2. The average Bonchev–Trinajstić information content (AvgIpc) is 3.29. The molecule has 6 heteroatoms. The summed E-state index contributed by atoms with van der Waals surface area (Å²) in [5, 5.41) is 10.1. The van der Waals surface area contributed by atoms with E-state index in [0.717, 1.165) is 23.0 Å². The lowest BCUT2D eigenvalue weighted by Crippen LogP contribution is -2.40. The molecular formula is C22H26ClN3O2. The Morgan fingerprint density at radius 1 is 1.29 bits per heavy atom. The van der Waals surface area contributed by atoms with Crippen LogP contribution in [0.5, 0.6) is 0 Å². The van der Waals surface area contributed by atoms with Gasteiger partial charge in [0, 0.05) is 17.2 Å². The van der Waals surface area contributed by atoms with Gasteiger partial charge in [0.25, 0.3) is 11.5 Å². The first kappa shape index (κ1) is 19.2. The van der Waals surface area contributed by atoms with Gasteiger partial charge in [-0.3, -0.25) is 9.59 Å². The fourth-order valence-electron chi connectivity index (χ4n) is 5.24. The minimum atomic E-state index is -0.230. The van der Waals surface area contributed by atoms with E-state index < -0.39 is 0 Å². The fourth-order valence-corrected chi connectivity index (χ4v) is 5.44. The molecule has 1 aromatic carbocycles. The summed E-state index contributed by atoms with van der Waals surface area (Å²) in [6, 6.07) is 5.44. The molecule has 2 bridgehead atoms. The van der Waals surface area contributed by atoms with Gasteiger partial charge in [-0.05, 0) is 75.5 Å². The predicted octanol–water partition coefficient (Wildman–Crippen LogP) is 4.26. The lowest BCUT2D eigenvalue weighted by Gasteiger charge is -2.28. The van der Waals surface area contributed by atoms with Crippen molar-refractivity contribution in [3.63, 3.8) is 0 Å². The van der Waals surface area contributed by atoms with Gasteiger partial charge in [0.2, 0.25) is 0 Å². The van der Waals surface area contributed by atoms with Crippen LogP contribution in [0.3, 0.4) is 0 Å². The van der Waals surface area contributed by atoms with Crippen molar-refractivity contribution in [2.45, 2.75) is 52.5 Å². The molecule has 2 saturated carbocycles. The van der Waals surface area contributed by atoms with Gasteiger partial charge >= 0.3 is 0 Å². The number of hydrogen-bond donors (Lipinski definition) is 2. The summed E-state index contributed by atoms with van der Waals surface area (Å²) in [5.41, 5.74) is 3.02. The standard InChI is InChI=1S/C22H26ClN3O2/c1-11-20(13(3)25-26-21(11)27)16-6-7-19(23)18(10-16)22(28)24-12(2)17-9-14-4-5-15(17)8-14/h6-7,10,12,14-15,17H,4-5,8-9H2,1-3H3,(H,24,28)(H,26,27)/t12-,14-,15-,17-/m1/s1. The molecule has 1 amide bonds. The predicted molar refractivity (Wildman–Crippen MR) is 111 cm³/mol. The Labute approximate surface area is 169 Å². The maximum atomic E-state index is 13.0. The number of aryl methyl sites for hydroxylation is 1. The summed E-state index contributed by atoms with van der Waals surface area (Å²) < 4.78 is 0. The molecule has 0 aliphatic heterocycles. The SMILES string of the molecule is Cc1n[nH]c(=O)c(C)c1-c1ccc(Cl)c(C(=O)N[C@H](C)[C@H]2C[C@@H]3CC[C@@H]2C3)c1. The first-order chi connectivity index (χ1) is 13.3. The molecule has 2 aliphatic carbocycles. The highest BCUT2D eigenvalue weighted by Gasteiger charge is 2.42. The van der Waals surface area contributed by atoms with E-state index in [-0.39, 0.29) is 17.5 Å². The Morgan fingerprint density at radius 2 is 2.07 bits per heavy atom. The number of aromatic amines is 1. The quantitative estimate of drug-likeness (QED) is 0.806. The van der Waals surface area contributed by atoms with Crippen LogP contribution in [0, 0.1) is 31.6 Å². The minimum absolute atomic E-state index is 0.132. The van der Waals surface area contributed by atoms with Crippen LogP contribution in [0.1, 0.15) is 54.2 Å². The Hall–Kier alpha value is -2.14. The normalized spacial score (nSPS) is 24.4. The summed E-state index contributed by atoms with van der Waals surface area (Å²) in [5.74, 6) is 1.99. The largest absolute Gasteiger partial charge is 0.349 e. The zero-order valence-corrected chi connectivity index (χ0v) is 17.3. The van der Waals surface area contributed by atoms with Crippen molar-refractivity contribution in [3.05, 3.63) is 50.4 Å². The second-order valence-corrected chi connectivity index (χ2v) is 8.84. The third-order valence-electron chi connectivity index (χ3n) is 6.70. The lowest BCUT2D eigenvalue weighted by molar-refractivity contribution is 0.0915. The second-order valence-electron chi connectivity index (χ2n) is 8.43. The van der Waals surface area contributed by atoms with Gasteiger partial charge in [0.05, 0.1) is 16.3 Å². The van der Waals surface area contributed by atoms with Crippen molar-refractivity contribution < 1.29 is 4.79 Å². The molecule has 2 aromatic rings. The van der Waals surface area contributed by atoms with Gasteiger partial charge in [0.1, 0.15) is 0 Å². The van der Waals surface area contributed by atoms with Crippen molar-refractivity contribution in [2.75, 3.05) is 0 Å². The van der Waals surface area contributed by atoms with Crippen molar-refractivity contribution >= 4 is 17.5 Å². The molecular weight excluding hydrogens is 374 g/mol. The number of hydrogen-bond acceptors (Lipinski definition) is 3. The van der Waals surface area contributed by atoms with E-state index in [2.05, 4.69) is 22.4 Å². The number of carbonyl (C=O) groups excluding carboxylic acids is 1. The number of nitrogens with zero attached hydrogens (tertiary/aromatic N) is 1. The van der Waals surface area contributed by atoms with Crippen LogP contribution >= 0.6 is 11.6 Å². The van der Waals surface area contributed by atoms with Gasteiger partial charge in [-0.1, -0.05) is 24.1 Å².